The number of nitrogens with zero attached hydrogens (tertiary/aromatic N) is 1. The van der Waals surface area contributed by atoms with E-state index >= 15 is 0 Å². The maximum absolute atomic E-state index is 12.0. The fraction of sp³-hybridized carbons (Fsp3) is 0.400. The number of rotatable bonds is 3. The van der Waals surface area contributed by atoms with Crippen LogP contribution in [0.25, 0.3) is 0 Å². The molecule has 114 valence electrons. The molecule has 2 amide bonds. The van der Waals surface area contributed by atoms with Crippen LogP contribution in [0.2, 0.25) is 0 Å². The minimum atomic E-state index is -0.493. The zero-order valence-electron chi connectivity index (χ0n) is 12.3. The molecule has 0 radical (unpaired) electrons. The monoisotopic (exact) mass is 625 g/mol. The molecule has 1 aromatic rings. The number of halogens is 1. The van der Waals surface area contributed by atoms with Crippen LogP contribution in [0, 0.1) is 37.7 Å². The topological polar surface area (TPSA) is 49.4 Å². The zero-order valence-corrected chi connectivity index (χ0v) is 18.6. The van der Waals surface area contributed by atoms with Crippen molar-refractivity contribution in [3.8, 4) is 0 Å². The fourth-order valence-corrected chi connectivity index (χ4v) is 1.98. The van der Waals surface area contributed by atoms with Gasteiger partial charge in [0.1, 0.15) is 6.04 Å². The van der Waals surface area contributed by atoms with Crippen LogP contribution in [-0.4, -0.2) is 34.2 Å². The Morgan fingerprint density at radius 2 is 1.90 bits per heavy atom. The predicted molar refractivity (Wildman–Crippen MR) is 88.6 cm³/mol. The van der Waals surface area contributed by atoms with Crippen molar-refractivity contribution in [3.05, 3.63) is 42.4 Å². The predicted octanol–water partition coefficient (Wildman–Crippen LogP) is 2.64. The first-order valence-electron chi connectivity index (χ1n) is 6.56. The van der Waals surface area contributed by atoms with Crippen molar-refractivity contribution >= 4 is 34.4 Å². The van der Waals surface area contributed by atoms with Crippen LogP contribution in [0.4, 0.5) is 0 Å². The number of likely N-dealkylation sites (tertiary alicyclic amines) is 1. The first-order valence-corrected chi connectivity index (χ1v) is 8.72. The van der Waals surface area contributed by atoms with Crippen molar-refractivity contribution in [2.75, 3.05) is 11.5 Å². The van der Waals surface area contributed by atoms with Crippen LogP contribution in [-0.2, 0) is 4.79 Å². The zero-order chi connectivity index (χ0) is 15.0. The van der Waals surface area contributed by atoms with Crippen molar-refractivity contribution < 1.29 is 40.7 Å². The number of carbonyl (C=O) groups is 2. The van der Waals surface area contributed by atoms with E-state index in [0.29, 0.717) is 5.56 Å². The average Bonchev–Trinajstić information content (AvgIpc) is 3.03. The molecule has 0 saturated carbocycles. The Labute approximate surface area is 163 Å². The second kappa shape index (κ2) is 11.5. The van der Waals surface area contributed by atoms with E-state index in [0.717, 1.165) is 19.4 Å². The summed E-state index contributed by atoms with van der Waals surface area (Å²) in [5.74, 6) is -0.257. The molecule has 1 unspecified atom stereocenters. The minimum Gasteiger partial charge on any atom is -0.491 e. The molecule has 1 fully saturated rings. The normalized spacial score (nSPS) is 14.3. The summed E-state index contributed by atoms with van der Waals surface area (Å²) < 4.78 is 0. The van der Waals surface area contributed by atoms with E-state index in [1.54, 1.807) is 36.1 Å². The first kappa shape index (κ1) is 20.9. The minimum absolute atomic E-state index is 0. The molecule has 4 nitrogen and oxygen atoms in total. The molecule has 0 spiro atoms. The van der Waals surface area contributed by atoms with Crippen LogP contribution in [0.5, 0.6) is 0 Å². The van der Waals surface area contributed by atoms with Crippen molar-refractivity contribution in [3.63, 3.8) is 0 Å². The van der Waals surface area contributed by atoms with E-state index in [2.05, 4.69) is 27.9 Å². The fourth-order valence-electron chi connectivity index (χ4n) is 1.98. The van der Waals surface area contributed by atoms with Gasteiger partial charge < -0.3 is 10.2 Å². The standard InChI is InChI=1S/C14H17N2O2.CH3I.U/c1-11(14(18)16-9-5-6-10-16)15-13(17)12-7-3-2-4-8-12;1-2;/h2-4,7-9,11H,5-6,10H2,1H3,(H,15,17);1H3;/q-1;;. The molecular formula is C15H20IN2O2U-. The number of alkyl halides is 1. The van der Waals surface area contributed by atoms with Gasteiger partial charge in [-0.3, -0.25) is 9.59 Å². The molecule has 1 N–H and O–H groups in total. The summed E-state index contributed by atoms with van der Waals surface area (Å²) in [6.07, 6.45) is 1.94. The number of carbonyl (C=O) groups excluding carboxylic acids is 2. The number of hydrogen-bond acceptors (Lipinski definition) is 2. The van der Waals surface area contributed by atoms with Crippen molar-refractivity contribution in [2.24, 2.45) is 0 Å². The van der Waals surface area contributed by atoms with Crippen LogP contribution in [0.15, 0.2) is 30.3 Å². The first-order chi connectivity index (χ1) is 9.68. The van der Waals surface area contributed by atoms with E-state index in [9.17, 15) is 9.59 Å². The van der Waals surface area contributed by atoms with Gasteiger partial charge in [0.25, 0.3) is 5.91 Å². The van der Waals surface area contributed by atoms with E-state index in [1.807, 2.05) is 17.5 Å². The molecule has 1 saturated heterocycles. The number of hydrogen-bond donors (Lipinski definition) is 1. The molecular weight excluding hydrogens is 605 g/mol. The third-order valence-corrected chi connectivity index (χ3v) is 2.99. The molecule has 1 atom stereocenters. The molecule has 1 aliphatic heterocycles. The van der Waals surface area contributed by atoms with Gasteiger partial charge in [-0.05, 0) is 30.5 Å². The molecule has 2 rings (SSSR count). The van der Waals surface area contributed by atoms with E-state index in [4.69, 9.17) is 0 Å². The quantitative estimate of drug-likeness (QED) is 0.320. The summed E-state index contributed by atoms with van der Waals surface area (Å²) in [6.45, 7) is 4.37. The summed E-state index contributed by atoms with van der Waals surface area (Å²) in [5.41, 5.74) is 0.572. The van der Waals surface area contributed by atoms with Crippen molar-refractivity contribution in [1.29, 1.82) is 0 Å². The Hall–Kier alpha value is -0.0581. The molecule has 1 aliphatic rings. The molecule has 21 heavy (non-hydrogen) atoms. The van der Waals surface area contributed by atoms with Crippen molar-refractivity contribution in [2.45, 2.75) is 25.8 Å². The molecule has 1 aromatic carbocycles. The second-order valence-corrected chi connectivity index (χ2v) is 4.42. The van der Waals surface area contributed by atoms with Crippen LogP contribution < -0.4 is 5.32 Å². The van der Waals surface area contributed by atoms with E-state index < -0.39 is 6.04 Å². The summed E-state index contributed by atoms with van der Waals surface area (Å²) in [7, 11) is 0. The van der Waals surface area contributed by atoms with Gasteiger partial charge >= 0.3 is 0 Å². The average molecular weight is 625 g/mol. The molecule has 6 heteroatoms. The summed E-state index contributed by atoms with van der Waals surface area (Å²) >= 11 is 2.15. The second-order valence-electron chi connectivity index (χ2n) is 4.42. The van der Waals surface area contributed by atoms with Crippen LogP contribution >= 0.6 is 22.6 Å². The Kier molecular flexibility index (Phi) is 11.5. The third-order valence-electron chi connectivity index (χ3n) is 2.99. The summed E-state index contributed by atoms with van der Waals surface area (Å²) in [5, 5.41) is 2.72. The Morgan fingerprint density at radius 3 is 2.43 bits per heavy atom. The number of nitrogens with one attached hydrogen (secondary N) is 1. The molecule has 0 bridgehead atoms. The van der Waals surface area contributed by atoms with Gasteiger partial charge in [0, 0.05) is 36.7 Å². The molecule has 1 heterocycles. The Bertz CT molecular complexity index is 437. The molecule has 0 aliphatic carbocycles. The van der Waals surface area contributed by atoms with Crippen LogP contribution in [0.1, 0.15) is 30.1 Å². The number of benzene rings is 1. The van der Waals surface area contributed by atoms with Gasteiger partial charge in [0.05, 0.1) is 0 Å². The van der Waals surface area contributed by atoms with Gasteiger partial charge in [-0.2, -0.15) is 6.42 Å². The van der Waals surface area contributed by atoms with Gasteiger partial charge in [-0.15, -0.1) is 0 Å². The van der Waals surface area contributed by atoms with Gasteiger partial charge in [-0.25, -0.2) is 6.54 Å². The largest absolute Gasteiger partial charge is 0.491 e. The number of amides is 2. The SMILES string of the molecule is CC(NC(=O)c1ccccc1)C(=O)N1[CH-]CCC1.CI.[U]. The summed E-state index contributed by atoms with van der Waals surface area (Å²) in [4.78, 5) is 27.5. The van der Waals surface area contributed by atoms with E-state index in [1.165, 1.54) is 0 Å². The molecule has 0 aromatic heterocycles. The Balaban J connectivity index is 0.00000128. The summed E-state index contributed by atoms with van der Waals surface area (Å²) in [6, 6.07) is 8.42. The third kappa shape index (κ3) is 6.71. The smallest absolute Gasteiger partial charge is 0.251 e. The van der Waals surface area contributed by atoms with Gasteiger partial charge in [0.15, 0.2) is 0 Å². The maximum Gasteiger partial charge on any atom is 0.251 e. The van der Waals surface area contributed by atoms with Crippen LogP contribution in [0.3, 0.4) is 0 Å². The Morgan fingerprint density at radius 1 is 1.29 bits per heavy atom. The van der Waals surface area contributed by atoms with Gasteiger partial charge in [0.2, 0.25) is 5.91 Å². The van der Waals surface area contributed by atoms with E-state index in [-0.39, 0.29) is 42.9 Å². The van der Waals surface area contributed by atoms with Crippen molar-refractivity contribution in [1.82, 2.24) is 10.2 Å². The maximum atomic E-state index is 12.0. The van der Waals surface area contributed by atoms with Gasteiger partial charge in [-0.1, -0.05) is 47.2 Å².